The molecule has 2 fully saturated rings. The van der Waals surface area contributed by atoms with Crippen molar-refractivity contribution in [3.63, 3.8) is 0 Å². The van der Waals surface area contributed by atoms with E-state index in [-0.39, 0.29) is 30.2 Å². The number of nitrogens with zero attached hydrogens (tertiary/aromatic N) is 4. The molecule has 0 atom stereocenters. The van der Waals surface area contributed by atoms with Crippen LogP contribution in [0.4, 0.5) is 0 Å². The molecule has 0 aliphatic carbocycles. The van der Waals surface area contributed by atoms with Crippen molar-refractivity contribution in [2.75, 3.05) is 59.0 Å². The van der Waals surface area contributed by atoms with Gasteiger partial charge in [-0.25, -0.2) is 0 Å². The Morgan fingerprint density at radius 2 is 1.40 bits per heavy atom. The Kier molecular flexibility index (Phi) is 6.61. The van der Waals surface area contributed by atoms with E-state index in [0.29, 0.717) is 68.2 Å². The summed E-state index contributed by atoms with van der Waals surface area (Å²) in [6.07, 6.45) is 0. The first-order valence-electron chi connectivity index (χ1n) is 11.9. The van der Waals surface area contributed by atoms with E-state index in [1.807, 2.05) is 11.0 Å². The number of hydrogen-bond acceptors (Lipinski definition) is 6. The lowest BCUT2D eigenvalue weighted by atomic mass is 10.1. The lowest BCUT2D eigenvalue weighted by Gasteiger charge is -2.36. The molecule has 3 aliphatic rings. The molecule has 2 aromatic carbocycles. The first-order chi connectivity index (χ1) is 17.0. The van der Waals surface area contributed by atoms with Crippen LogP contribution >= 0.6 is 0 Å². The third-order valence-electron chi connectivity index (χ3n) is 6.77. The number of hydrogen-bond donors (Lipinski definition) is 0. The highest BCUT2D eigenvalue weighted by Crippen LogP contribution is 2.24. The summed E-state index contributed by atoms with van der Waals surface area (Å²) in [6.45, 7) is 5.28. The van der Waals surface area contributed by atoms with Gasteiger partial charge in [-0.3, -0.25) is 29.0 Å². The number of benzene rings is 2. The fraction of sp³-hybridized carbons (Fsp3) is 0.385. The Balaban J connectivity index is 1.18. The largest absolute Gasteiger partial charge is 0.379 e. The van der Waals surface area contributed by atoms with E-state index in [9.17, 15) is 19.2 Å². The first-order valence-corrected chi connectivity index (χ1v) is 11.9. The van der Waals surface area contributed by atoms with Crippen molar-refractivity contribution in [3.05, 3.63) is 70.8 Å². The molecule has 2 aromatic rings. The fourth-order valence-electron chi connectivity index (χ4n) is 4.76. The fourth-order valence-corrected chi connectivity index (χ4v) is 4.76. The zero-order valence-corrected chi connectivity index (χ0v) is 19.5. The molecule has 3 aliphatic heterocycles. The van der Waals surface area contributed by atoms with Crippen LogP contribution in [-0.4, -0.2) is 102 Å². The standard InChI is InChI=1S/C26H28N4O5/c31-23(18-27-12-14-35-15-13-27)28-8-10-29(11-9-28)24(32)20-5-3-4-19(16-20)17-30-25(33)21-6-1-2-7-22(21)26(30)34/h1-7,16H,8-15,17-18H2. The maximum absolute atomic E-state index is 13.1. The van der Waals surface area contributed by atoms with E-state index in [2.05, 4.69) is 4.90 Å². The molecular formula is C26H28N4O5. The normalized spacial score (nSPS) is 18.7. The lowest BCUT2D eigenvalue weighted by Crippen LogP contribution is -2.53. The Morgan fingerprint density at radius 3 is 2.06 bits per heavy atom. The third kappa shape index (κ3) is 4.82. The van der Waals surface area contributed by atoms with Crippen LogP contribution in [0.2, 0.25) is 0 Å². The van der Waals surface area contributed by atoms with E-state index in [4.69, 9.17) is 4.74 Å². The highest BCUT2D eigenvalue weighted by atomic mass is 16.5. The maximum atomic E-state index is 13.1. The van der Waals surface area contributed by atoms with Crippen LogP contribution in [-0.2, 0) is 16.1 Å². The lowest BCUT2D eigenvalue weighted by molar-refractivity contribution is -0.134. The molecule has 3 heterocycles. The van der Waals surface area contributed by atoms with Gasteiger partial charge in [0, 0.05) is 44.8 Å². The van der Waals surface area contributed by atoms with E-state index in [1.54, 1.807) is 47.4 Å². The second-order valence-corrected chi connectivity index (χ2v) is 9.00. The van der Waals surface area contributed by atoms with Gasteiger partial charge < -0.3 is 14.5 Å². The molecule has 0 radical (unpaired) electrons. The Hall–Kier alpha value is -3.56. The van der Waals surface area contributed by atoms with Crippen LogP contribution in [0.25, 0.3) is 0 Å². The van der Waals surface area contributed by atoms with Crippen molar-refractivity contribution in [1.29, 1.82) is 0 Å². The van der Waals surface area contributed by atoms with E-state index in [0.717, 1.165) is 13.1 Å². The summed E-state index contributed by atoms with van der Waals surface area (Å²) in [4.78, 5) is 58.0. The SMILES string of the molecule is O=C(CN1CCOCC1)N1CCN(C(=O)c2cccc(CN3C(=O)c4ccccc4C3=O)c2)CC1. The molecule has 0 unspecified atom stereocenters. The zero-order chi connectivity index (χ0) is 24.4. The maximum Gasteiger partial charge on any atom is 0.261 e. The van der Waals surface area contributed by atoms with Crippen molar-refractivity contribution in [1.82, 2.24) is 19.6 Å². The van der Waals surface area contributed by atoms with Crippen LogP contribution in [0, 0.1) is 0 Å². The van der Waals surface area contributed by atoms with Gasteiger partial charge in [-0.1, -0.05) is 24.3 Å². The molecule has 35 heavy (non-hydrogen) atoms. The molecule has 0 saturated carbocycles. The summed E-state index contributed by atoms with van der Waals surface area (Å²) in [6, 6.07) is 13.8. The van der Waals surface area contributed by atoms with Gasteiger partial charge in [-0.05, 0) is 29.8 Å². The average Bonchev–Trinajstić information content (AvgIpc) is 3.14. The van der Waals surface area contributed by atoms with Gasteiger partial charge in [-0.2, -0.15) is 0 Å². The van der Waals surface area contributed by atoms with Crippen molar-refractivity contribution >= 4 is 23.6 Å². The van der Waals surface area contributed by atoms with Gasteiger partial charge >= 0.3 is 0 Å². The van der Waals surface area contributed by atoms with Crippen molar-refractivity contribution < 1.29 is 23.9 Å². The second-order valence-electron chi connectivity index (χ2n) is 9.00. The number of amides is 4. The number of piperazine rings is 1. The molecule has 5 rings (SSSR count). The summed E-state index contributed by atoms with van der Waals surface area (Å²) in [5.41, 5.74) is 2.04. The number of imide groups is 1. The van der Waals surface area contributed by atoms with Crippen LogP contribution in [0.15, 0.2) is 48.5 Å². The van der Waals surface area contributed by atoms with Crippen LogP contribution in [0.1, 0.15) is 36.6 Å². The molecule has 0 spiro atoms. The highest BCUT2D eigenvalue weighted by Gasteiger charge is 2.35. The Bertz CT molecular complexity index is 1120. The number of carbonyl (C=O) groups excluding carboxylic acids is 4. The molecule has 2 saturated heterocycles. The van der Waals surface area contributed by atoms with Crippen molar-refractivity contribution in [3.8, 4) is 0 Å². The number of ether oxygens (including phenoxy) is 1. The molecule has 0 N–H and O–H groups in total. The molecule has 182 valence electrons. The van der Waals surface area contributed by atoms with Crippen LogP contribution in [0.3, 0.4) is 0 Å². The van der Waals surface area contributed by atoms with Gasteiger partial charge in [0.05, 0.1) is 37.4 Å². The third-order valence-corrected chi connectivity index (χ3v) is 6.77. The molecule has 9 nitrogen and oxygen atoms in total. The summed E-state index contributed by atoms with van der Waals surface area (Å²) < 4.78 is 5.33. The minimum absolute atomic E-state index is 0.0851. The predicted molar refractivity (Wildman–Crippen MR) is 127 cm³/mol. The monoisotopic (exact) mass is 476 g/mol. The zero-order valence-electron chi connectivity index (χ0n) is 19.5. The number of carbonyl (C=O) groups is 4. The molecular weight excluding hydrogens is 448 g/mol. The Labute approximate surface area is 203 Å². The average molecular weight is 477 g/mol. The van der Waals surface area contributed by atoms with Gasteiger partial charge in [0.25, 0.3) is 17.7 Å². The summed E-state index contributed by atoms with van der Waals surface area (Å²) in [7, 11) is 0. The first kappa shape index (κ1) is 23.2. The topological polar surface area (TPSA) is 90.5 Å². The van der Waals surface area contributed by atoms with E-state index < -0.39 is 0 Å². The molecule has 0 bridgehead atoms. The van der Waals surface area contributed by atoms with Gasteiger partial charge in [0.2, 0.25) is 5.91 Å². The quantitative estimate of drug-likeness (QED) is 0.601. The van der Waals surface area contributed by atoms with Crippen molar-refractivity contribution in [2.24, 2.45) is 0 Å². The van der Waals surface area contributed by atoms with E-state index >= 15 is 0 Å². The van der Waals surface area contributed by atoms with Crippen LogP contribution in [0.5, 0.6) is 0 Å². The van der Waals surface area contributed by atoms with Gasteiger partial charge in [0.15, 0.2) is 0 Å². The highest BCUT2D eigenvalue weighted by molar-refractivity contribution is 6.21. The summed E-state index contributed by atoms with van der Waals surface area (Å²) in [5, 5.41) is 0. The minimum Gasteiger partial charge on any atom is -0.379 e. The van der Waals surface area contributed by atoms with Crippen LogP contribution < -0.4 is 0 Å². The van der Waals surface area contributed by atoms with Crippen molar-refractivity contribution in [2.45, 2.75) is 6.54 Å². The Morgan fingerprint density at radius 1 is 0.771 bits per heavy atom. The predicted octanol–water partition coefficient (Wildman–Crippen LogP) is 1.10. The van der Waals surface area contributed by atoms with Gasteiger partial charge in [0.1, 0.15) is 0 Å². The molecule has 4 amide bonds. The second kappa shape index (κ2) is 9.97. The molecule has 0 aromatic heterocycles. The minimum atomic E-state index is -0.319. The summed E-state index contributed by atoms with van der Waals surface area (Å²) >= 11 is 0. The summed E-state index contributed by atoms with van der Waals surface area (Å²) in [5.74, 6) is -0.670. The number of rotatable bonds is 5. The number of fused-ring (bicyclic) bond motifs is 1. The van der Waals surface area contributed by atoms with Gasteiger partial charge in [-0.15, -0.1) is 0 Å². The molecule has 9 heteroatoms. The van der Waals surface area contributed by atoms with E-state index in [1.165, 1.54) is 4.90 Å². The smallest absolute Gasteiger partial charge is 0.261 e. The number of morpholine rings is 1.